The van der Waals surface area contributed by atoms with Gasteiger partial charge in [-0.2, -0.15) is 0 Å². The number of hydrogen-bond donors (Lipinski definition) is 1. The number of amides is 2. The van der Waals surface area contributed by atoms with Gasteiger partial charge in [-0.05, 0) is 44.4 Å². The van der Waals surface area contributed by atoms with E-state index in [1.165, 1.54) is 0 Å². The number of carbonyl (C=O) groups excluding carboxylic acids is 2. The van der Waals surface area contributed by atoms with Crippen LogP contribution < -0.4 is 5.32 Å². The normalized spacial score (nSPS) is 12.1. The van der Waals surface area contributed by atoms with Gasteiger partial charge in [0.25, 0.3) is 0 Å². The van der Waals surface area contributed by atoms with Crippen molar-refractivity contribution >= 4 is 35.0 Å². The zero-order valence-electron chi connectivity index (χ0n) is 14.7. The molecule has 134 valence electrons. The first-order valence-corrected chi connectivity index (χ1v) is 9.09. The van der Waals surface area contributed by atoms with E-state index in [0.29, 0.717) is 29.4 Å². The summed E-state index contributed by atoms with van der Waals surface area (Å²) >= 11 is 12.2. The lowest BCUT2D eigenvalue weighted by atomic mass is 10.1. The molecule has 1 aromatic rings. The third kappa shape index (κ3) is 5.99. The van der Waals surface area contributed by atoms with Crippen LogP contribution in [0.25, 0.3) is 0 Å². The van der Waals surface area contributed by atoms with Gasteiger partial charge in [0.05, 0.1) is 0 Å². The molecule has 24 heavy (non-hydrogen) atoms. The molecule has 4 nitrogen and oxygen atoms in total. The lowest BCUT2D eigenvalue weighted by Crippen LogP contribution is -2.50. The zero-order valence-corrected chi connectivity index (χ0v) is 16.2. The van der Waals surface area contributed by atoms with Gasteiger partial charge in [-0.3, -0.25) is 9.59 Å². The third-order valence-electron chi connectivity index (χ3n) is 3.64. The van der Waals surface area contributed by atoms with Gasteiger partial charge in [-0.1, -0.05) is 43.1 Å². The van der Waals surface area contributed by atoms with Crippen molar-refractivity contribution < 1.29 is 9.59 Å². The molecule has 0 bridgehead atoms. The number of nitrogens with zero attached hydrogens (tertiary/aromatic N) is 1. The minimum atomic E-state index is -0.516. The van der Waals surface area contributed by atoms with Crippen LogP contribution in [0.1, 0.15) is 52.5 Å². The van der Waals surface area contributed by atoms with Crippen LogP contribution in [0.3, 0.4) is 0 Å². The van der Waals surface area contributed by atoms with Crippen molar-refractivity contribution in [2.45, 2.75) is 65.6 Å². The fourth-order valence-corrected chi connectivity index (χ4v) is 2.96. The predicted octanol–water partition coefficient (Wildman–Crippen LogP) is 4.43. The fourth-order valence-electron chi connectivity index (χ4n) is 2.49. The van der Waals surface area contributed by atoms with E-state index < -0.39 is 6.04 Å². The van der Waals surface area contributed by atoms with Crippen LogP contribution >= 0.6 is 23.2 Å². The highest BCUT2D eigenvalue weighted by molar-refractivity contribution is 6.35. The van der Waals surface area contributed by atoms with Crippen LogP contribution in [0.5, 0.6) is 0 Å². The summed E-state index contributed by atoms with van der Waals surface area (Å²) in [7, 11) is 0. The first kappa shape index (κ1) is 20.8. The van der Waals surface area contributed by atoms with Crippen LogP contribution in [-0.4, -0.2) is 28.8 Å². The predicted molar refractivity (Wildman–Crippen MR) is 99.3 cm³/mol. The van der Waals surface area contributed by atoms with E-state index in [0.717, 1.165) is 12.0 Å². The highest BCUT2D eigenvalue weighted by Crippen LogP contribution is 2.24. The summed E-state index contributed by atoms with van der Waals surface area (Å²) in [6.45, 7) is 7.94. The zero-order chi connectivity index (χ0) is 18.3. The Bertz CT molecular complexity index is 576. The maximum Gasteiger partial charge on any atom is 0.243 e. The Morgan fingerprint density at radius 3 is 2.38 bits per heavy atom. The number of carbonyl (C=O) groups is 2. The van der Waals surface area contributed by atoms with Crippen LogP contribution in [0.2, 0.25) is 10.0 Å². The van der Waals surface area contributed by atoms with Gasteiger partial charge in [0, 0.05) is 29.1 Å². The average Bonchev–Trinajstić information content (AvgIpc) is 2.48. The molecule has 0 radical (unpaired) electrons. The number of hydrogen-bond acceptors (Lipinski definition) is 2. The molecule has 1 aromatic carbocycles. The lowest BCUT2D eigenvalue weighted by molar-refractivity contribution is -0.141. The van der Waals surface area contributed by atoms with Crippen LogP contribution in [0.4, 0.5) is 0 Å². The van der Waals surface area contributed by atoms with Crippen molar-refractivity contribution in [3.63, 3.8) is 0 Å². The molecule has 0 aliphatic carbocycles. The van der Waals surface area contributed by atoms with E-state index in [2.05, 4.69) is 5.32 Å². The molecule has 2 amide bonds. The summed E-state index contributed by atoms with van der Waals surface area (Å²) in [6, 6.07) is 4.69. The van der Waals surface area contributed by atoms with Crippen LogP contribution in [0, 0.1) is 0 Å². The summed E-state index contributed by atoms with van der Waals surface area (Å²) in [5.41, 5.74) is 0.779. The van der Waals surface area contributed by atoms with Gasteiger partial charge in [0.15, 0.2) is 0 Å². The van der Waals surface area contributed by atoms with Gasteiger partial charge in [-0.25, -0.2) is 0 Å². The molecular formula is C18H26Cl2N2O2. The Kier molecular flexibility index (Phi) is 8.57. The van der Waals surface area contributed by atoms with Gasteiger partial charge >= 0.3 is 0 Å². The third-order valence-corrected chi connectivity index (χ3v) is 4.22. The Balaban J connectivity index is 3.09. The number of nitrogens with one attached hydrogen (secondary N) is 1. The highest BCUT2D eigenvalue weighted by Gasteiger charge is 2.28. The first-order valence-electron chi connectivity index (χ1n) is 8.33. The van der Waals surface area contributed by atoms with E-state index in [9.17, 15) is 9.59 Å². The SMILES string of the molecule is CCCC(=O)N(Cc1ccc(Cl)cc1Cl)C(CC)C(=O)NC(C)C. The van der Waals surface area contributed by atoms with Gasteiger partial charge in [0.2, 0.25) is 11.8 Å². The van der Waals surface area contributed by atoms with Crippen molar-refractivity contribution in [3.05, 3.63) is 33.8 Å². The second kappa shape index (κ2) is 9.90. The minimum absolute atomic E-state index is 0.0220. The van der Waals surface area contributed by atoms with E-state index >= 15 is 0 Å². The number of rotatable bonds is 8. The second-order valence-electron chi connectivity index (χ2n) is 6.09. The molecular weight excluding hydrogens is 347 g/mol. The van der Waals surface area contributed by atoms with Crippen molar-refractivity contribution in [2.24, 2.45) is 0 Å². The molecule has 1 unspecified atom stereocenters. The fraction of sp³-hybridized carbons (Fsp3) is 0.556. The van der Waals surface area contributed by atoms with E-state index in [4.69, 9.17) is 23.2 Å². The molecule has 0 heterocycles. The summed E-state index contributed by atoms with van der Waals surface area (Å²) < 4.78 is 0. The van der Waals surface area contributed by atoms with Crippen molar-refractivity contribution in [2.75, 3.05) is 0 Å². The quantitative estimate of drug-likeness (QED) is 0.733. The molecule has 0 aliphatic heterocycles. The Hall–Kier alpha value is -1.26. The minimum Gasteiger partial charge on any atom is -0.352 e. The summed E-state index contributed by atoms with van der Waals surface area (Å²) in [4.78, 5) is 26.7. The lowest BCUT2D eigenvalue weighted by Gasteiger charge is -2.31. The van der Waals surface area contributed by atoms with Gasteiger partial charge in [0.1, 0.15) is 6.04 Å². The Morgan fingerprint density at radius 1 is 1.21 bits per heavy atom. The van der Waals surface area contributed by atoms with Crippen molar-refractivity contribution in [3.8, 4) is 0 Å². The van der Waals surface area contributed by atoms with Crippen molar-refractivity contribution in [1.82, 2.24) is 10.2 Å². The molecule has 0 aliphatic rings. The Morgan fingerprint density at radius 2 is 1.88 bits per heavy atom. The largest absolute Gasteiger partial charge is 0.352 e. The van der Waals surface area contributed by atoms with Crippen LogP contribution in [-0.2, 0) is 16.1 Å². The monoisotopic (exact) mass is 372 g/mol. The highest BCUT2D eigenvalue weighted by atomic mass is 35.5. The topological polar surface area (TPSA) is 49.4 Å². The van der Waals surface area contributed by atoms with E-state index in [1.807, 2.05) is 27.7 Å². The molecule has 0 aromatic heterocycles. The molecule has 1 N–H and O–H groups in total. The maximum absolute atomic E-state index is 12.6. The summed E-state index contributed by atoms with van der Waals surface area (Å²) in [5.74, 6) is -0.184. The smallest absolute Gasteiger partial charge is 0.243 e. The Labute approximate surface area is 154 Å². The van der Waals surface area contributed by atoms with Gasteiger partial charge < -0.3 is 10.2 Å². The van der Waals surface area contributed by atoms with Crippen molar-refractivity contribution in [1.29, 1.82) is 0 Å². The second-order valence-corrected chi connectivity index (χ2v) is 6.94. The molecule has 6 heteroatoms. The summed E-state index contributed by atoms with van der Waals surface area (Å²) in [6.07, 6.45) is 1.67. The number of benzene rings is 1. The maximum atomic E-state index is 12.6. The molecule has 0 saturated heterocycles. The molecule has 0 saturated carbocycles. The van der Waals surface area contributed by atoms with E-state index in [1.54, 1.807) is 23.1 Å². The van der Waals surface area contributed by atoms with E-state index in [-0.39, 0.29) is 17.9 Å². The standard InChI is InChI=1S/C18H26Cl2N2O2/c1-5-7-17(23)22(16(6-2)18(24)21-12(3)4)11-13-8-9-14(19)10-15(13)20/h8-10,12,16H,5-7,11H2,1-4H3,(H,21,24). The molecule has 0 fully saturated rings. The summed E-state index contributed by atoms with van der Waals surface area (Å²) in [5, 5.41) is 3.93. The van der Waals surface area contributed by atoms with Gasteiger partial charge in [-0.15, -0.1) is 0 Å². The molecule has 0 spiro atoms. The number of halogens is 2. The van der Waals surface area contributed by atoms with Crippen LogP contribution in [0.15, 0.2) is 18.2 Å². The average molecular weight is 373 g/mol. The first-order chi connectivity index (χ1) is 11.3. The molecule has 1 rings (SSSR count). The molecule has 1 atom stereocenters.